The molecule has 1 N–H and O–H groups in total. The predicted octanol–water partition coefficient (Wildman–Crippen LogP) is 4.29. The number of aryl methyl sites for hydroxylation is 1. The van der Waals surface area contributed by atoms with E-state index in [1.807, 2.05) is 0 Å². The lowest BCUT2D eigenvalue weighted by molar-refractivity contribution is -0.139. The first-order valence-corrected chi connectivity index (χ1v) is 6.41. The minimum Gasteiger partial charge on any atom is -0.488 e. The van der Waals surface area contributed by atoms with Gasteiger partial charge in [-0.2, -0.15) is 13.2 Å². The van der Waals surface area contributed by atoms with Gasteiger partial charge >= 0.3 is 12.1 Å². The van der Waals surface area contributed by atoms with Crippen LogP contribution in [0.4, 0.5) is 13.2 Å². The molecule has 22 heavy (non-hydrogen) atoms. The number of carboxylic acid groups (broad SMARTS) is 1. The van der Waals surface area contributed by atoms with Crippen molar-refractivity contribution in [2.75, 3.05) is 0 Å². The van der Waals surface area contributed by atoms with E-state index in [1.165, 1.54) is 24.3 Å². The lowest BCUT2D eigenvalue weighted by Gasteiger charge is -2.14. The average Bonchev–Trinajstić information content (AvgIpc) is 2.45. The Labute approximate surface area is 125 Å². The van der Waals surface area contributed by atoms with E-state index in [0.717, 1.165) is 6.07 Å². The third-order valence-corrected chi connectivity index (χ3v) is 3.12. The zero-order valence-electron chi connectivity index (χ0n) is 11.6. The second kappa shape index (κ2) is 6.09. The Morgan fingerprint density at radius 2 is 1.86 bits per heavy atom. The van der Waals surface area contributed by atoms with Crippen LogP contribution in [-0.4, -0.2) is 11.1 Å². The molecule has 0 spiro atoms. The number of ether oxygens (including phenoxy) is 1. The molecular weight excluding hydrogens is 297 g/mol. The average molecular weight is 310 g/mol. The molecule has 0 radical (unpaired) electrons. The predicted molar refractivity (Wildman–Crippen MR) is 73.9 cm³/mol. The third-order valence-electron chi connectivity index (χ3n) is 3.12. The lowest BCUT2D eigenvalue weighted by atomic mass is 10.1. The van der Waals surface area contributed by atoms with Crippen LogP contribution < -0.4 is 4.74 Å². The Bertz CT molecular complexity index is 693. The van der Waals surface area contributed by atoms with E-state index >= 15 is 0 Å². The molecule has 116 valence electrons. The molecule has 0 atom stereocenters. The molecule has 0 fully saturated rings. The standard InChI is InChI=1S/C16H13F3O3/c1-10-6-7-11(8-12(10)15(20)21)9-22-14-5-3-2-4-13(14)16(17,18)19/h2-8H,9H2,1H3,(H,20,21). The summed E-state index contributed by atoms with van der Waals surface area (Å²) in [4.78, 5) is 11.0. The second-order valence-corrected chi connectivity index (χ2v) is 4.74. The molecule has 0 heterocycles. The van der Waals surface area contributed by atoms with Crippen LogP contribution in [0.1, 0.15) is 27.0 Å². The third kappa shape index (κ3) is 3.58. The van der Waals surface area contributed by atoms with E-state index < -0.39 is 17.7 Å². The van der Waals surface area contributed by atoms with Crippen LogP contribution in [0.15, 0.2) is 42.5 Å². The molecule has 2 rings (SSSR count). The van der Waals surface area contributed by atoms with E-state index in [0.29, 0.717) is 11.1 Å². The first-order valence-electron chi connectivity index (χ1n) is 6.41. The van der Waals surface area contributed by atoms with Crippen molar-refractivity contribution in [3.05, 3.63) is 64.7 Å². The molecule has 0 aliphatic rings. The van der Waals surface area contributed by atoms with Crippen LogP contribution in [0, 0.1) is 6.92 Å². The van der Waals surface area contributed by atoms with E-state index in [-0.39, 0.29) is 17.9 Å². The highest BCUT2D eigenvalue weighted by Gasteiger charge is 2.33. The van der Waals surface area contributed by atoms with Crippen LogP contribution in [-0.2, 0) is 12.8 Å². The monoisotopic (exact) mass is 310 g/mol. The van der Waals surface area contributed by atoms with Crippen molar-refractivity contribution >= 4 is 5.97 Å². The van der Waals surface area contributed by atoms with Crippen molar-refractivity contribution in [2.45, 2.75) is 19.7 Å². The number of benzene rings is 2. The van der Waals surface area contributed by atoms with Gasteiger partial charge < -0.3 is 9.84 Å². The number of hydrogen-bond donors (Lipinski definition) is 1. The molecular formula is C16H13F3O3. The Kier molecular flexibility index (Phi) is 4.40. The molecule has 0 saturated heterocycles. The number of carbonyl (C=O) groups is 1. The summed E-state index contributed by atoms with van der Waals surface area (Å²) in [7, 11) is 0. The molecule has 0 aromatic heterocycles. The van der Waals surface area contributed by atoms with Gasteiger partial charge in [0.05, 0.1) is 11.1 Å². The van der Waals surface area contributed by atoms with Gasteiger partial charge in [0, 0.05) is 0 Å². The summed E-state index contributed by atoms with van der Waals surface area (Å²) in [6, 6.07) is 9.51. The zero-order chi connectivity index (χ0) is 16.3. The topological polar surface area (TPSA) is 46.5 Å². The number of para-hydroxylation sites is 1. The van der Waals surface area contributed by atoms with Crippen LogP contribution in [0.5, 0.6) is 5.75 Å². The van der Waals surface area contributed by atoms with Crippen molar-refractivity contribution in [1.82, 2.24) is 0 Å². The molecule has 0 saturated carbocycles. The summed E-state index contributed by atoms with van der Waals surface area (Å²) in [5, 5.41) is 9.04. The Hall–Kier alpha value is -2.50. The highest BCUT2D eigenvalue weighted by atomic mass is 19.4. The smallest absolute Gasteiger partial charge is 0.419 e. The SMILES string of the molecule is Cc1ccc(COc2ccccc2C(F)(F)F)cc1C(=O)O. The molecule has 0 amide bonds. The van der Waals surface area contributed by atoms with Gasteiger partial charge in [0.1, 0.15) is 12.4 Å². The van der Waals surface area contributed by atoms with Gasteiger partial charge in [0.15, 0.2) is 0 Å². The van der Waals surface area contributed by atoms with Crippen LogP contribution in [0.3, 0.4) is 0 Å². The van der Waals surface area contributed by atoms with Crippen molar-refractivity contribution in [3.8, 4) is 5.75 Å². The maximum atomic E-state index is 12.8. The largest absolute Gasteiger partial charge is 0.488 e. The quantitative estimate of drug-likeness (QED) is 0.916. The fraction of sp³-hybridized carbons (Fsp3) is 0.188. The summed E-state index contributed by atoms with van der Waals surface area (Å²) in [5.74, 6) is -1.37. The Morgan fingerprint density at radius 3 is 2.50 bits per heavy atom. The van der Waals surface area contributed by atoms with Gasteiger partial charge in [-0.05, 0) is 36.2 Å². The van der Waals surface area contributed by atoms with E-state index in [4.69, 9.17) is 9.84 Å². The molecule has 3 nitrogen and oxygen atoms in total. The van der Waals surface area contributed by atoms with Crippen molar-refractivity contribution in [2.24, 2.45) is 0 Å². The maximum Gasteiger partial charge on any atom is 0.419 e. The van der Waals surface area contributed by atoms with Gasteiger partial charge in [0.25, 0.3) is 0 Å². The fourth-order valence-corrected chi connectivity index (χ4v) is 1.98. The van der Waals surface area contributed by atoms with E-state index in [1.54, 1.807) is 19.1 Å². The molecule has 0 aliphatic carbocycles. The molecule has 0 aliphatic heterocycles. The van der Waals surface area contributed by atoms with Gasteiger partial charge in [-0.15, -0.1) is 0 Å². The number of hydrogen-bond acceptors (Lipinski definition) is 2. The molecule has 2 aromatic rings. The lowest BCUT2D eigenvalue weighted by Crippen LogP contribution is -2.09. The van der Waals surface area contributed by atoms with Gasteiger partial charge in [0.2, 0.25) is 0 Å². The van der Waals surface area contributed by atoms with Crippen LogP contribution in [0.25, 0.3) is 0 Å². The summed E-state index contributed by atoms with van der Waals surface area (Å²) in [6.45, 7) is 1.50. The van der Waals surface area contributed by atoms with Crippen molar-refractivity contribution in [1.29, 1.82) is 0 Å². The van der Waals surface area contributed by atoms with Gasteiger partial charge in [-0.25, -0.2) is 4.79 Å². The minimum atomic E-state index is -4.50. The number of aromatic carboxylic acids is 1. The first kappa shape index (κ1) is 15.9. The van der Waals surface area contributed by atoms with E-state index in [9.17, 15) is 18.0 Å². The van der Waals surface area contributed by atoms with Crippen molar-refractivity contribution in [3.63, 3.8) is 0 Å². The van der Waals surface area contributed by atoms with Crippen LogP contribution >= 0.6 is 0 Å². The maximum absolute atomic E-state index is 12.8. The van der Waals surface area contributed by atoms with Crippen molar-refractivity contribution < 1.29 is 27.8 Å². The summed E-state index contributed by atoms with van der Waals surface area (Å²) in [5.41, 5.74) is 0.303. The highest BCUT2D eigenvalue weighted by molar-refractivity contribution is 5.89. The van der Waals surface area contributed by atoms with Gasteiger partial charge in [-0.3, -0.25) is 0 Å². The molecule has 0 bridgehead atoms. The Balaban J connectivity index is 2.21. The zero-order valence-corrected chi connectivity index (χ0v) is 11.6. The van der Waals surface area contributed by atoms with Gasteiger partial charge in [-0.1, -0.05) is 24.3 Å². The van der Waals surface area contributed by atoms with Crippen LogP contribution in [0.2, 0.25) is 0 Å². The second-order valence-electron chi connectivity index (χ2n) is 4.74. The minimum absolute atomic E-state index is 0.102. The van der Waals surface area contributed by atoms with E-state index in [2.05, 4.69) is 0 Å². The molecule has 0 unspecified atom stereocenters. The summed E-state index contributed by atoms with van der Waals surface area (Å²) < 4.78 is 43.7. The Morgan fingerprint density at radius 1 is 1.18 bits per heavy atom. The number of rotatable bonds is 4. The number of alkyl halides is 3. The first-order chi connectivity index (χ1) is 10.3. The normalized spacial score (nSPS) is 11.3. The molecule has 6 heteroatoms. The summed E-state index contributed by atoms with van der Waals surface area (Å²) >= 11 is 0. The fourth-order valence-electron chi connectivity index (χ4n) is 1.98. The number of halogens is 3. The number of carboxylic acids is 1. The molecule has 2 aromatic carbocycles. The summed E-state index contributed by atoms with van der Waals surface area (Å²) in [6.07, 6.45) is -4.50. The highest BCUT2D eigenvalue weighted by Crippen LogP contribution is 2.36.